The first kappa shape index (κ1) is 18.5. The van der Waals surface area contributed by atoms with Gasteiger partial charge in [0.1, 0.15) is 29.9 Å². The molecule has 2 aromatic heterocycles. The largest absolute Gasteiger partial charge is 0.487 e. The molecule has 9 heteroatoms. The highest BCUT2D eigenvalue weighted by Gasteiger charge is 2.15. The van der Waals surface area contributed by atoms with Crippen LogP contribution < -0.4 is 10.1 Å². The van der Waals surface area contributed by atoms with Gasteiger partial charge < -0.3 is 15.0 Å². The van der Waals surface area contributed by atoms with E-state index in [9.17, 15) is 4.79 Å². The number of anilines is 1. The second kappa shape index (κ2) is 8.07. The number of nitrogens with zero attached hydrogens (tertiary/aromatic N) is 5. The number of fused-ring (bicyclic) bond motifs is 1. The van der Waals surface area contributed by atoms with Gasteiger partial charge in [-0.25, -0.2) is 4.98 Å². The molecule has 1 amide bonds. The van der Waals surface area contributed by atoms with Crippen LogP contribution in [0.15, 0.2) is 79.4 Å². The Kier molecular flexibility index (Phi) is 4.82. The summed E-state index contributed by atoms with van der Waals surface area (Å²) < 4.78 is 7.49. The van der Waals surface area contributed by atoms with Gasteiger partial charge >= 0.3 is 0 Å². The lowest BCUT2D eigenvalue weighted by atomic mass is 10.1. The number of aromatic nitrogens is 6. The highest BCUT2D eigenvalue weighted by molar-refractivity contribution is 6.11. The number of hydrogen-bond donors (Lipinski definition) is 2. The van der Waals surface area contributed by atoms with Crippen molar-refractivity contribution < 1.29 is 9.53 Å². The minimum atomic E-state index is -0.265. The third-order valence-corrected chi connectivity index (χ3v) is 4.74. The fraction of sp³-hybridized carbons (Fsp3) is 0.0455. The van der Waals surface area contributed by atoms with Crippen LogP contribution in [0, 0.1) is 0 Å². The Bertz CT molecular complexity index is 1330. The topological polar surface area (TPSA) is 111 Å². The number of ether oxygens (including phenoxy) is 1. The Balaban J connectivity index is 1.42. The molecule has 5 rings (SSSR count). The minimum Gasteiger partial charge on any atom is -0.487 e. The Hall–Kier alpha value is -4.53. The number of H-pyrrole nitrogens is 1. The van der Waals surface area contributed by atoms with E-state index in [2.05, 4.69) is 30.8 Å². The highest BCUT2D eigenvalue weighted by atomic mass is 16.5. The van der Waals surface area contributed by atoms with Crippen LogP contribution in [0.25, 0.3) is 16.7 Å². The smallest absolute Gasteiger partial charge is 0.257 e. The van der Waals surface area contributed by atoms with Gasteiger partial charge in [-0.15, -0.1) is 5.10 Å². The monoisotopic (exact) mass is 411 g/mol. The van der Waals surface area contributed by atoms with Gasteiger partial charge in [-0.2, -0.15) is 4.68 Å². The zero-order valence-corrected chi connectivity index (χ0v) is 16.3. The molecule has 0 saturated carbocycles. The second-order valence-corrected chi connectivity index (χ2v) is 6.77. The number of carbonyl (C=O) groups is 1. The van der Waals surface area contributed by atoms with E-state index in [1.165, 1.54) is 11.0 Å². The lowest BCUT2D eigenvalue weighted by Gasteiger charge is -2.13. The Morgan fingerprint density at radius 3 is 2.81 bits per heavy atom. The van der Waals surface area contributed by atoms with Crippen molar-refractivity contribution in [3.63, 3.8) is 0 Å². The molecule has 0 atom stereocenters. The van der Waals surface area contributed by atoms with Gasteiger partial charge in [0.15, 0.2) is 0 Å². The molecule has 5 aromatic rings. The predicted molar refractivity (Wildman–Crippen MR) is 114 cm³/mol. The summed E-state index contributed by atoms with van der Waals surface area (Å²) in [5.74, 6) is 0.321. The van der Waals surface area contributed by atoms with E-state index in [0.717, 1.165) is 11.1 Å². The predicted octanol–water partition coefficient (Wildman–Crippen LogP) is 3.37. The first-order valence-corrected chi connectivity index (χ1v) is 9.55. The average Bonchev–Trinajstić information content (AvgIpc) is 3.51. The maximum Gasteiger partial charge on any atom is 0.257 e. The standard InChI is InChI=1S/C22H17N7O2/c30-22(17-7-4-8-18-21(17)24-13-23-18)26-16-9-10-20(19(11-16)29-14-25-27-28-29)31-12-15-5-2-1-3-6-15/h1-11,13-14H,12H2,(H,23,24)(H,26,30). The summed E-state index contributed by atoms with van der Waals surface area (Å²) in [6.45, 7) is 0.392. The summed E-state index contributed by atoms with van der Waals surface area (Å²) in [6, 6.07) is 20.6. The average molecular weight is 411 g/mol. The van der Waals surface area contributed by atoms with E-state index in [0.29, 0.717) is 34.8 Å². The summed E-state index contributed by atoms with van der Waals surface area (Å²) in [5, 5.41) is 14.3. The number of benzene rings is 3. The van der Waals surface area contributed by atoms with Crippen LogP contribution in [0.2, 0.25) is 0 Å². The van der Waals surface area contributed by atoms with Gasteiger partial charge in [0.25, 0.3) is 5.91 Å². The van der Waals surface area contributed by atoms with E-state index in [-0.39, 0.29) is 5.91 Å². The van der Waals surface area contributed by atoms with Crippen LogP contribution in [0.1, 0.15) is 15.9 Å². The molecule has 0 aliphatic rings. The summed E-state index contributed by atoms with van der Waals surface area (Å²) in [7, 11) is 0. The van der Waals surface area contributed by atoms with Gasteiger partial charge in [0.2, 0.25) is 0 Å². The fourth-order valence-corrected chi connectivity index (χ4v) is 3.25. The van der Waals surface area contributed by atoms with Crippen molar-refractivity contribution in [3.05, 3.63) is 90.5 Å². The Morgan fingerprint density at radius 2 is 1.97 bits per heavy atom. The molecule has 31 heavy (non-hydrogen) atoms. The zero-order valence-electron chi connectivity index (χ0n) is 16.3. The molecule has 2 N–H and O–H groups in total. The van der Waals surface area contributed by atoms with Gasteiger partial charge in [0.05, 0.1) is 17.4 Å². The van der Waals surface area contributed by atoms with Crippen molar-refractivity contribution in [2.45, 2.75) is 6.61 Å². The maximum absolute atomic E-state index is 12.9. The lowest BCUT2D eigenvalue weighted by Crippen LogP contribution is -2.13. The molecular weight excluding hydrogens is 394 g/mol. The third-order valence-electron chi connectivity index (χ3n) is 4.74. The second-order valence-electron chi connectivity index (χ2n) is 6.77. The van der Waals surface area contributed by atoms with Crippen LogP contribution in [-0.4, -0.2) is 36.1 Å². The van der Waals surface area contributed by atoms with Crippen molar-refractivity contribution in [2.75, 3.05) is 5.32 Å². The molecule has 9 nitrogen and oxygen atoms in total. The number of nitrogens with one attached hydrogen (secondary N) is 2. The van der Waals surface area contributed by atoms with Gasteiger partial charge in [0, 0.05) is 5.69 Å². The number of amides is 1. The van der Waals surface area contributed by atoms with E-state index in [1.54, 1.807) is 30.6 Å². The Labute approximate surface area is 176 Å². The number of aromatic amines is 1. The molecule has 0 unspecified atom stereocenters. The number of hydrogen-bond acceptors (Lipinski definition) is 6. The van der Waals surface area contributed by atoms with Crippen molar-refractivity contribution >= 4 is 22.6 Å². The number of para-hydroxylation sites is 1. The molecule has 0 bridgehead atoms. The number of imidazole rings is 1. The number of carbonyl (C=O) groups excluding carboxylic acids is 1. The number of rotatable bonds is 6. The Morgan fingerprint density at radius 1 is 1.06 bits per heavy atom. The minimum absolute atomic E-state index is 0.265. The van der Waals surface area contributed by atoms with Crippen LogP contribution in [0.4, 0.5) is 5.69 Å². The highest BCUT2D eigenvalue weighted by Crippen LogP contribution is 2.27. The summed E-state index contributed by atoms with van der Waals surface area (Å²) >= 11 is 0. The molecular formula is C22H17N7O2. The van der Waals surface area contributed by atoms with Crippen molar-refractivity contribution in [1.82, 2.24) is 30.2 Å². The molecule has 0 aliphatic heterocycles. The molecule has 0 radical (unpaired) electrons. The van der Waals surface area contributed by atoms with Gasteiger partial charge in [-0.1, -0.05) is 36.4 Å². The van der Waals surface area contributed by atoms with Crippen LogP contribution in [0.5, 0.6) is 5.75 Å². The summed E-state index contributed by atoms with van der Waals surface area (Å²) in [4.78, 5) is 20.1. The van der Waals surface area contributed by atoms with E-state index in [1.807, 2.05) is 42.5 Å². The molecule has 2 heterocycles. The quantitative estimate of drug-likeness (QED) is 0.443. The van der Waals surface area contributed by atoms with Crippen molar-refractivity contribution in [1.29, 1.82) is 0 Å². The molecule has 0 aliphatic carbocycles. The van der Waals surface area contributed by atoms with Crippen LogP contribution in [-0.2, 0) is 6.61 Å². The molecule has 0 saturated heterocycles. The molecule has 0 fully saturated rings. The fourth-order valence-electron chi connectivity index (χ4n) is 3.25. The first-order valence-electron chi connectivity index (χ1n) is 9.55. The van der Waals surface area contributed by atoms with Crippen LogP contribution in [0.3, 0.4) is 0 Å². The summed E-state index contributed by atoms with van der Waals surface area (Å²) in [5.41, 5.74) is 4.11. The van der Waals surface area contributed by atoms with Crippen molar-refractivity contribution in [3.8, 4) is 11.4 Å². The summed E-state index contributed by atoms with van der Waals surface area (Å²) in [6.07, 6.45) is 3.04. The van der Waals surface area contributed by atoms with Crippen LogP contribution >= 0.6 is 0 Å². The molecule has 152 valence electrons. The van der Waals surface area contributed by atoms with Crippen molar-refractivity contribution in [2.24, 2.45) is 0 Å². The lowest BCUT2D eigenvalue weighted by molar-refractivity contribution is 0.102. The normalized spacial score (nSPS) is 10.8. The number of tetrazole rings is 1. The van der Waals surface area contributed by atoms with E-state index < -0.39 is 0 Å². The van der Waals surface area contributed by atoms with E-state index >= 15 is 0 Å². The first-order chi connectivity index (χ1) is 15.3. The molecule has 3 aromatic carbocycles. The SMILES string of the molecule is O=C(Nc1ccc(OCc2ccccc2)c(-n2cnnn2)c1)c1cccc2[nH]cnc12. The van der Waals surface area contributed by atoms with Gasteiger partial charge in [-0.05, 0) is 46.3 Å². The zero-order chi connectivity index (χ0) is 21.0. The van der Waals surface area contributed by atoms with E-state index in [4.69, 9.17) is 4.74 Å². The third kappa shape index (κ3) is 3.84. The molecule has 0 spiro atoms. The van der Waals surface area contributed by atoms with Gasteiger partial charge in [-0.3, -0.25) is 4.79 Å². The maximum atomic E-state index is 12.9.